The van der Waals surface area contributed by atoms with Crippen molar-refractivity contribution in [3.05, 3.63) is 78.3 Å². The van der Waals surface area contributed by atoms with Gasteiger partial charge >= 0.3 is 5.97 Å². The minimum atomic E-state index is -0.227. The summed E-state index contributed by atoms with van der Waals surface area (Å²) in [4.78, 5) is 18.1. The van der Waals surface area contributed by atoms with E-state index in [4.69, 9.17) is 21.4 Å². The van der Waals surface area contributed by atoms with Crippen molar-refractivity contribution >= 4 is 23.3 Å². The fourth-order valence-electron chi connectivity index (χ4n) is 3.72. The number of hydrogen-bond acceptors (Lipinski definition) is 5. The average molecular weight is 422 g/mol. The Kier molecular flexibility index (Phi) is 6.09. The van der Waals surface area contributed by atoms with Gasteiger partial charge in [0.2, 0.25) is 0 Å². The number of hydrogen-bond donors (Lipinski definition) is 1. The van der Waals surface area contributed by atoms with Gasteiger partial charge in [-0.15, -0.1) is 0 Å². The van der Waals surface area contributed by atoms with Gasteiger partial charge in [0, 0.05) is 24.7 Å². The van der Waals surface area contributed by atoms with Gasteiger partial charge in [0.05, 0.1) is 18.8 Å². The Morgan fingerprint density at radius 3 is 2.70 bits per heavy atom. The first-order valence-electron chi connectivity index (χ1n) is 9.87. The highest BCUT2D eigenvalue weighted by Crippen LogP contribution is 2.40. The Morgan fingerprint density at radius 1 is 1.17 bits per heavy atom. The van der Waals surface area contributed by atoms with Crippen LogP contribution in [0.5, 0.6) is 0 Å². The first-order chi connectivity index (χ1) is 14.7. The third kappa shape index (κ3) is 4.21. The van der Waals surface area contributed by atoms with Gasteiger partial charge in [-0.1, -0.05) is 36.4 Å². The van der Waals surface area contributed by atoms with Crippen LogP contribution in [0.1, 0.15) is 36.4 Å². The summed E-state index contributed by atoms with van der Waals surface area (Å²) >= 11 is 5.63. The van der Waals surface area contributed by atoms with Crippen LogP contribution in [0.25, 0.3) is 11.3 Å². The van der Waals surface area contributed by atoms with Crippen molar-refractivity contribution in [3.8, 4) is 11.3 Å². The molecule has 4 rings (SSSR count). The summed E-state index contributed by atoms with van der Waals surface area (Å²) in [6.07, 6.45) is 2.74. The van der Waals surface area contributed by atoms with Crippen LogP contribution in [0.4, 0.5) is 0 Å². The van der Waals surface area contributed by atoms with Crippen LogP contribution in [0, 0.1) is 0 Å². The molecule has 1 N–H and O–H groups in total. The second kappa shape index (κ2) is 9.09. The molecule has 0 bridgehead atoms. The largest absolute Gasteiger partial charge is 0.469 e. The fourth-order valence-corrected chi connectivity index (χ4v) is 4.05. The number of aromatic nitrogens is 1. The van der Waals surface area contributed by atoms with Crippen LogP contribution in [-0.2, 0) is 9.53 Å². The molecule has 154 valence electrons. The predicted molar refractivity (Wildman–Crippen MR) is 118 cm³/mol. The number of nitrogens with one attached hydrogen (secondary N) is 1. The lowest BCUT2D eigenvalue weighted by molar-refractivity contribution is -0.140. The molecule has 0 spiro atoms. The Bertz CT molecular complexity index is 1010. The van der Waals surface area contributed by atoms with E-state index in [0.717, 1.165) is 22.8 Å². The maximum Gasteiger partial charge on any atom is 0.305 e. The van der Waals surface area contributed by atoms with Crippen molar-refractivity contribution in [1.82, 2.24) is 15.2 Å². The minimum absolute atomic E-state index is 0.147. The maximum absolute atomic E-state index is 11.5. The van der Waals surface area contributed by atoms with Crippen LogP contribution in [0.2, 0.25) is 0 Å². The highest BCUT2D eigenvalue weighted by Gasteiger charge is 2.41. The molecular weight excluding hydrogens is 398 g/mol. The Hall–Kier alpha value is -3.19. The molecule has 30 heavy (non-hydrogen) atoms. The monoisotopic (exact) mass is 421 g/mol. The number of ether oxygens (including phenoxy) is 1. The summed E-state index contributed by atoms with van der Waals surface area (Å²) in [6, 6.07) is 19.5. The molecule has 1 aliphatic heterocycles. The molecule has 0 amide bonds. The summed E-state index contributed by atoms with van der Waals surface area (Å²) in [6.45, 7) is 0.607. The molecule has 1 saturated heterocycles. The van der Waals surface area contributed by atoms with Gasteiger partial charge in [-0.25, -0.2) is 0 Å². The highest BCUT2D eigenvalue weighted by atomic mass is 32.1. The smallest absolute Gasteiger partial charge is 0.305 e. The molecule has 1 fully saturated rings. The Morgan fingerprint density at radius 2 is 1.97 bits per heavy atom. The van der Waals surface area contributed by atoms with Gasteiger partial charge in [0.1, 0.15) is 17.6 Å². The van der Waals surface area contributed by atoms with Gasteiger partial charge in [-0.3, -0.25) is 9.78 Å². The summed E-state index contributed by atoms with van der Waals surface area (Å²) in [5.74, 6) is 1.38. The van der Waals surface area contributed by atoms with Crippen LogP contribution >= 0.6 is 12.2 Å². The number of pyridine rings is 1. The van der Waals surface area contributed by atoms with Gasteiger partial charge in [-0.2, -0.15) is 0 Å². The van der Waals surface area contributed by atoms with Crippen molar-refractivity contribution in [1.29, 1.82) is 0 Å². The molecule has 1 aromatic carbocycles. The van der Waals surface area contributed by atoms with Crippen molar-refractivity contribution in [3.63, 3.8) is 0 Å². The number of nitrogens with zero attached hydrogens (tertiary/aromatic N) is 2. The van der Waals surface area contributed by atoms with Gasteiger partial charge < -0.3 is 19.4 Å². The maximum atomic E-state index is 11.5. The third-order valence-electron chi connectivity index (χ3n) is 5.18. The Balaban J connectivity index is 1.64. The van der Waals surface area contributed by atoms with Crippen molar-refractivity contribution in [2.24, 2.45) is 0 Å². The standard InChI is InChI=1S/C23H23N3O3S/c1-28-20(27)11-7-15-26-22(21(25-23(26)30)17-10-5-6-14-24-17)19-13-12-18(29-19)16-8-3-2-4-9-16/h2-6,8-10,12-14,21-22H,7,11,15H2,1H3,(H,25,30). The Labute approximate surface area is 180 Å². The summed E-state index contributed by atoms with van der Waals surface area (Å²) in [5.41, 5.74) is 1.90. The van der Waals surface area contributed by atoms with E-state index < -0.39 is 0 Å². The first-order valence-corrected chi connectivity index (χ1v) is 10.3. The van der Waals surface area contributed by atoms with E-state index in [0.29, 0.717) is 24.5 Å². The average Bonchev–Trinajstić information content (AvgIpc) is 3.40. The van der Waals surface area contributed by atoms with Crippen LogP contribution in [-0.4, -0.2) is 34.6 Å². The van der Waals surface area contributed by atoms with E-state index in [9.17, 15) is 4.79 Å². The fraction of sp³-hybridized carbons (Fsp3) is 0.261. The number of rotatable bonds is 7. The SMILES string of the molecule is COC(=O)CCCN1C(=S)NC(c2ccccn2)C1c1ccc(-c2ccccc2)o1. The molecule has 0 saturated carbocycles. The predicted octanol–water partition coefficient (Wildman–Crippen LogP) is 4.27. The van der Waals surface area contributed by atoms with Crippen molar-refractivity contribution in [2.75, 3.05) is 13.7 Å². The number of carbonyl (C=O) groups excluding carboxylic acids is 1. The zero-order chi connectivity index (χ0) is 20.9. The quantitative estimate of drug-likeness (QED) is 0.451. The second-order valence-electron chi connectivity index (χ2n) is 7.07. The van der Waals surface area contributed by atoms with E-state index in [-0.39, 0.29) is 18.1 Å². The molecule has 7 heteroatoms. The lowest BCUT2D eigenvalue weighted by Crippen LogP contribution is -2.30. The summed E-state index contributed by atoms with van der Waals surface area (Å²) in [7, 11) is 1.40. The molecule has 6 nitrogen and oxygen atoms in total. The molecule has 2 atom stereocenters. The summed E-state index contributed by atoms with van der Waals surface area (Å²) in [5, 5.41) is 4.01. The zero-order valence-corrected chi connectivity index (χ0v) is 17.5. The van der Waals surface area contributed by atoms with E-state index in [2.05, 4.69) is 15.2 Å². The normalized spacial score (nSPS) is 18.3. The first kappa shape index (κ1) is 20.1. The number of carbonyl (C=O) groups is 1. The number of thiocarbonyl (C=S) groups is 1. The molecule has 2 unspecified atom stereocenters. The number of furan rings is 1. The van der Waals surface area contributed by atoms with Gasteiger partial charge in [0.25, 0.3) is 0 Å². The number of benzene rings is 1. The van der Waals surface area contributed by atoms with Crippen molar-refractivity contribution in [2.45, 2.75) is 24.9 Å². The van der Waals surface area contributed by atoms with Crippen molar-refractivity contribution < 1.29 is 13.9 Å². The second-order valence-corrected chi connectivity index (χ2v) is 7.45. The lowest BCUT2D eigenvalue weighted by atomic mass is 10.0. The molecule has 0 radical (unpaired) electrons. The minimum Gasteiger partial charge on any atom is -0.469 e. The topological polar surface area (TPSA) is 67.6 Å². The number of esters is 1. The van der Waals surface area contributed by atoms with E-state index in [1.54, 1.807) is 6.20 Å². The van der Waals surface area contributed by atoms with Crippen LogP contribution < -0.4 is 5.32 Å². The van der Waals surface area contributed by atoms with Gasteiger partial charge in [0.15, 0.2) is 5.11 Å². The van der Waals surface area contributed by atoms with E-state index in [1.807, 2.05) is 60.7 Å². The zero-order valence-electron chi connectivity index (χ0n) is 16.7. The van der Waals surface area contributed by atoms with Crippen LogP contribution in [0.3, 0.4) is 0 Å². The molecule has 2 aromatic heterocycles. The molecule has 1 aliphatic rings. The van der Waals surface area contributed by atoms with Crippen LogP contribution in [0.15, 0.2) is 71.3 Å². The van der Waals surface area contributed by atoms with E-state index in [1.165, 1.54) is 7.11 Å². The molecule has 0 aliphatic carbocycles. The number of methoxy groups -OCH3 is 1. The van der Waals surface area contributed by atoms with Gasteiger partial charge in [-0.05, 0) is 42.9 Å². The third-order valence-corrected chi connectivity index (χ3v) is 5.53. The molecular formula is C23H23N3O3S. The lowest BCUT2D eigenvalue weighted by Gasteiger charge is -2.25. The molecule has 3 aromatic rings. The highest BCUT2D eigenvalue weighted by molar-refractivity contribution is 7.80. The summed E-state index contributed by atoms with van der Waals surface area (Å²) < 4.78 is 11.0. The molecule has 3 heterocycles. The van der Waals surface area contributed by atoms with E-state index >= 15 is 0 Å².